The lowest BCUT2D eigenvalue weighted by Gasteiger charge is -2.19. The quantitative estimate of drug-likeness (QED) is 0.480. The Labute approximate surface area is 127 Å². The van der Waals surface area contributed by atoms with E-state index in [-0.39, 0.29) is 10.6 Å². The molecule has 0 saturated carbocycles. The highest BCUT2D eigenvalue weighted by Crippen LogP contribution is 2.26. The molecule has 5 heteroatoms. The first-order valence-corrected chi connectivity index (χ1v) is 7.90. The highest BCUT2D eigenvalue weighted by molar-refractivity contribution is 5.63. The van der Waals surface area contributed by atoms with Crippen LogP contribution >= 0.6 is 0 Å². The molecule has 0 spiro atoms. The van der Waals surface area contributed by atoms with Crippen molar-refractivity contribution in [2.45, 2.75) is 58.9 Å². The molecule has 0 amide bonds. The van der Waals surface area contributed by atoms with Crippen molar-refractivity contribution in [3.63, 3.8) is 0 Å². The third-order valence-electron chi connectivity index (χ3n) is 3.42. The van der Waals surface area contributed by atoms with Gasteiger partial charge in [-0.05, 0) is 25.8 Å². The van der Waals surface area contributed by atoms with Crippen LogP contribution in [0.5, 0.6) is 0 Å². The summed E-state index contributed by atoms with van der Waals surface area (Å²) in [6.07, 6.45) is 5.63. The van der Waals surface area contributed by atoms with Gasteiger partial charge in [0, 0.05) is 36.1 Å². The molecule has 0 aromatic heterocycles. The standard InChI is InChI=1S/C16H27N3O2/c1-4-7-9-13(8-5-2)18-15-10-14(17-6-3)11-16(12-15)19(20)21/h10-13,17-18H,4-9H2,1-3H3. The van der Waals surface area contributed by atoms with Crippen LogP contribution in [0.25, 0.3) is 0 Å². The molecule has 0 aliphatic heterocycles. The minimum Gasteiger partial charge on any atom is -0.385 e. The lowest BCUT2D eigenvalue weighted by atomic mass is 10.0. The van der Waals surface area contributed by atoms with Crippen LogP contribution in [0.4, 0.5) is 17.1 Å². The molecule has 1 aromatic carbocycles. The molecule has 0 saturated heterocycles. The third-order valence-corrected chi connectivity index (χ3v) is 3.42. The molecule has 1 atom stereocenters. The number of anilines is 2. The van der Waals surface area contributed by atoms with Crippen molar-refractivity contribution in [1.82, 2.24) is 0 Å². The predicted molar refractivity (Wildman–Crippen MR) is 89.1 cm³/mol. The van der Waals surface area contributed by atoms with Crippen molar-refractivity contribution >= 4 is 17.1 Å². The largest absolute Gasteiger partial charge is 0.385 e. The summed E-state index contributed by atoms with van der Waals surface area (Å²) in [4.78, 5) is 10.7. The molecule has 0 heterocycles. The normalized spacial score (nSPS) is 12.0. The first-order valence-electron chi connectivity index (χ1n) is 7.90. The van der Waals surface area contributed by atoms with E-state index in [4.69, 9.17) is 0 Å². The fourth-order valence-electron chi connectivity index (χ4n) is 2.43. The summed E-state index contributed by atoms with van der Waals surface area (Å²) in [5.41, 5.74) is 1.75. The predicted octanol–water partition coefficient (Wildman–Crippen LogP) is 4.80. The van der Waals surface area contributed by atoms with Gasteiger partial charge in [-0.3, -0.25) is 10.1 Å². The van der Waals surface area contributed by atoms with Crippen LogP contribution in [-0.2, 0) is 0 Å². The van der Waals surface area contributed by atoms with Gasteiger partial charge in [0.15, 0.2) is 0 Å². The summed E-state index contributed by atoms with van der Waals surface area (Å²) in [6.45, 7) is 7.07. The minimum absolute atomic E-state index is 0.127. The van der Waals surface area contributed by atoms with Gasteiger partial charge in [0.05, 0.1) is 4.92 Å². The van der Waals surface area contributed by atoms with Crippen molar-refractivity contribution < 1.29 is 4.92 Å². The van der Waals surface area contributed by atoms with Gasteiger partial charge in [0.1, 0.15) is 0 Å². The zero-order valence-electron chi connectivity index (χ0n) is 13.3. The van der Waals surface area contributed by atoms with E-state index in [0.717, 1.165) is 37.2 Å². The maximum absolute atomic E-state index is 11.0. The Morgan fingerprint density at radius 1 is 1.10 bits per heavy atom. The highest BCUT2D eigenvalue weighted by Gasteiger charge is 2.12. The monoisotopic (exact) mass is 293 g/mol. The number of hydrogen-bond donors (Lipinski definition) is 2. The van der Waals surface area contributed by atoms with Gasteiger partial charge in [-0.15, -0.1) is 0 Å². The Balaban J connectivity index is 2.89. The first-order chi connectivity index (χ1) is 10.1. The number of nitrogens with one attached hydrogen (secondary N) is 2. The Bertz CT molecular complexity index is 449. The van der Waals surface area contributed by atoms with Crippen LogP contribution in [0.2, 0.25) is 0 Å². The van der Waals surface area contributed by atoms with E-state index in [1.807, 2.05) is 13.0 Å². The van der Waals surface area contributed by atoms with Crippen LogP contribution in [0.1, 0.15) is 52.9 Å². The van der Waals surface area contributed by atoms with Crippen molar-refractivity contribution in [3.8, 4) is 0 Å². The summed E-state index contributed by atoms with van der Waals surface area (Å²) >= 11 is 0. The first kappa shape index (κ1) is 17.3. The number of nitro groups is 1. The van der Waals surface area contributed by atoms with Crippen molar-refractivity contribution in [1.29, 1.82) is 0 Å². The second-order valence-electron chi connectivity index (χ2n) is 5.33. The van der Waals surface area contributed by atoms with E-state index in [2.05, 4.69) is 24.5 Å². The summed E-state index contributed by atoms with van der Waals surface area (Å²) in [5.74, 6) is 0. The Hall–Kier alpha value is -1.78. The number of hydrogen-bond acceptors (Lipinski definition) is 4. The number of nitro benzene ring substituents is 1. The van der Waals surface area contributed by atoms with E-state index >= 15 is 0 Å². The molecule has 1 rings (SSSR count). The van der Waals surface area contributed by atoms with Gasteiger partial charge in [-0.2, -0.15) is 0 Å². The summed E-state index contributed by atoms with van der Waals surface area (Å²) in [7, 11) is 0. The molecular formula is C16H27N3O2. The van der Waals surface area contributed by atoms with E-state index in [1.165, 1.54) is 12.8 Å². The van der Waals surface area contributed by atoms with E-state index < -0.39 is 0 Å². The van der Waals surface area contributed by atoms with Crippen LogP contribution < -0.4 is 10.6 Å². The topological polar surface area (TPSA) is 67.2 Å². The number of non-ortho nitro benzene ring substituents is 1. The van der Waals surface area contributed by atoms with Gasteiger partial charge in [-0.25, -0.2) is 0 Å². The fraction of sp³-hybridized carbons (Fsp3) is 0.625. The molecule has 1 unspecified atom stereocenters. The minimum atomic E-state index is -0.340. The zero-order chi connectivity index (χ0) is 15.7. The van der Waals surface area contributed by atoms with Gasteiger partial charge in [0.25, 0.3) is 5.69 Å². The second-order valence-corrected chi connectivity index (χ2v) is 5.33. The average Bonchev–Trinajstić information content (AvgIpc) is 2.45. The summed E-state index contributed by atoms with van der Waals surface area (Å²) in [5, 5.41) is 17.7. The lowest BCUT2D eigenvalue weighted by Crippen LogP contribution is -2.19. The molecule has 0 aliphatic rings. The lowest BCUT2D eigenvalue weighted by molar-refractivity contribution is -0.384. The third kappa shape index (κ3) is 6.02. The van der Waals surface area contributed by atoms with Crippen molar-refractivity contribution in [2.75, 3.05) is 17.2 Å². The van der Waals surface area contributed by atoms with Crippen molar-refractivity contribution in [2.24, 2.45) is 0 Å². The summed E-state index contributed by atoms with van der Waals surface area (Å²) < 4.78 is 0. The summed E-state index contributed by atoms with van der Waals surface area (Å²) in [6, 6.07) is 5.53. The smallest absolute Gasteiger partial charge is 0.273 e. The molecule has 0 radical (unpaired) electrons. The van der Waals surface area contributed by atoms with E-state index in [9.17, 15) is 10.1 Å². The molecule has 2 N–H and O–H groups in total. The van der Waals surface area contributed by atoms with Crippen molar-refractivity contribution in [3.05, 3.63) is 28.3 Å². The second kappa shape index (κ2) is 9.21. The molecule has 0 bridgehead atoms. The zero-order valence-corrected chi connectivity index (χ0v) is 13.3. The maximum atomic E-state index is 11.0. The Morgan fingerprint density at radius 3 is 2.38 bits per heavy atom. The van der Waals surface area contributed by atoms with Crippen LogP contribution in [0.3, 0.4) is 0 Å². The van der Waals surface area contributed by atoms with Crippen LogP contribution in [-0.4, -0.2) is 17.5 Å². The van der Waals surface area contributed by atoms with Crippen LogP contribution in [0.15, 0.2) is 18.2 Å². The molecular weight excluding hydrogens is 266 g/mol. The highest BCUT2D eigenvalue weighted by atomic mass is 16.6. The van der Waals surface area contributed by atoms with Gasteiger partial charge in [-0.1, -0.05) is 33.1 Å². The Kier molecular flexibility index (Phi) is 7.58. The molecule has 21 heavy (non-hydrogen) atoms. The molecule has 0 fully saturated rings. The number of rotatable bonds is 10. The van der Waals surface area contributed by atoms with E-state index in [0.29, 0.717) is 6.04 Å². The molecule has 118 valence electrons. The molecule has 0 aliphatic carbocycles. The number of unbranched alkanes of at least 4 members (excludes halogenated alkanes) is 1. The number of nitrogens with zero attached hydrogens (tertiary/aromatic N) is 1. The average molecular weight is 293 g/mol. The molecule has 1 aromatic rings. The van der Waals surface area contributed by atoms with Gasteiger partial charge in [0.2, 0.25) is 0 Å². The maximum Gasteiger partial charge on any atom is 0.273 e. The van der Waals surface area contributed by atoms with E-state index in [1.54, 1.807) is 12.1 Å². The van der Waals surface area contributed by atoms with Crippen LogP contribution in [0, 0.1) is 10.1 Å². The fourth-order valence-corrected chi connectivity index (χ4v) is 2.43. The molecule has 5 nitrogen and oxygen atoms in total. The van der Waals surface area contributed by atoms with Gasteiger partial charge < -0.3 is 10.6 Å². The Morgan fingerprint density at radius 2 is 1.81 bits per heavy atom. The SMILES string of the molecule is CCCCC(CCC)Nc1cc(NCC)cc([N+](=O)[O-])c1. The van der Waals surface area contributed by atoms with Gasteiger partial charge >= 0.3 is 0 Å². The number of benzene rings is 1.